The summed E-state index contributed by atoms with van der Waals surface area (Å²) >= 11 is 0. The monoisotopic (exact) mass is 408 g/mol. The first-order valence-corrected chi connectivity index (χ1v) is 11.2. The molecule has 3 rings (SSSR count). The highest BCUT2D eigenvalue weighted by Crippen LogP contribution is 2.26. The molecule has 0 heterocycles. The third-order valence-corrected chi connectivity index (χ3v) is 5.58. The maximum absolute atomic E-state index is 12.1. The lowest BCUT2D eigenvalue weighted by atomic mass is 9.85. The summed E-state index contributed by atoms with van der Waals surface area (Å²) in [7, 11) is 0. The van der Waals surface area contributed by atoms with Crippen LogP contribution in [0.25, 0.3) is 0 Å². The highest BCUT2D eigenvalue weighted by Gasteiger charge is 2.26. The average molecular weight is 409 g/mol. The van der Waals surface area contributed by atoms with Crippen LogP contribution in [0.15, 0.2) is 60.7 Å². The van der Waals surface area contributed by atoms with Crippen molar-refractivity contribution in [3.63, 3.8) is 0 Å². The Labute approximate surface area is 181 Å². The van der Waals surface area contributed by atoms with E-state index in [1.807, 2.05) is 20.8 Å². The van der Waals surface area contributed by atoms with Gasteiger partial charge in [0, 0.05) is 25.7 Å². The van der Waals surface area contributed by atoms with Crippen LogP contribution in [0, 0.1) is 5.92 Å². The Morgan fingerprint density at radius 3 is 1.87 bits per heavy atom. The van der Waals surface area contributed by atoms with Crippen LogP contribution in [0.1, 0.15) is 57.6 Å². The maximum Gasteiger partial charge on any atom is 0.407 e. The molecule has 2 aromatic rings. The predicted molar refractivity (Wildman–Crippen MR) is 122 cm³/mol. The zero-order valence-corrected chi connectivity index (χ0v) is 18.6. The molecule has 0 aromatic heterocycles. The summed E-state index contributed by atoms with van der Waals surface area (Å²) in [6.07, 6.45) is 4.03. The van der Waals surface area contributed by atoms with E-state index < -0.39 is 5.60 Å². The highest BCUT2D eigenvalue weighted by molar-refractivity contribution is 5.68. The number of nitrogens with zero attached hydrogens (tertiary/aromatic N) is 1. The molecule has 1 aliphatic rings. The van der Waals surface area contributed by atoms with Crippen LogP contribution in [0.3, 0.4) is 0 Å². The van der Waals surface area contributed by atoms with Gasteiger partial charge in [-0.25, -0.2) is 4.79 Å². The van der Waals surface area contributed by atoms with E-state index in [2.05, 4.69) is 70.9 Å². The van der Waals surface area contributed by atoms with Gasteiger partial charge in [-0.2, -0.15) is 0 Å². The maximum atomic E-state index is 12.1. The fourth-order valence-corrected chi connectivity index (χ4v) is 4.20. The molecular formula is C26H36N2O2. The number of alkyl carbamates (subject to hydrolysis) is 1. The van der Waals surface area contributed by atoms with Crippen molar-refractivity contribution in [3.8, 4) is 0 Å². The Morgan fingerprint density at radius 1 is 0.900 bits per heavy atom. The van der Waals surface area contributed by atoms with Gasteiger partial charge in [0.25, 0.3) is 0 Å². The second-order valence-corrected chi connectivity index (χ2v) is 9.50. The van der Waals surface area contributed by atoms with Crippen molar-refractivity contribution in [1.82, 2.24) is 10.2 Å². The van der Waals surface area contributed by atoms with Gasteiger partial charge in [-0.15, -0.1) is 0 Å². The Kier molecular flexibility index (Phi) is 7.92. The van der Waals surface area contributed by atoms with E-state index in [-0.39, 0.29) is 12.1 Å². The Hall–Kier alpha value is -2.33. The molecule has 2 aromatic carbocycles. The standard InChI is InChI=1S/C26H36N2O2/c1-26(2,3)30-25(29)27-24-16-14-23(15-17-24)20-28(18-21-10-6-4-7-11-21)19-22-12-8-5-9-13-22/h4-13,23-24H,14-20H2,1-3H3,(H,27,29). The van der Waals surface area contributed by atoms with Gasteiger partial charge in [-0.1, -0.05) is 60.7 Å². The van der Waals surface area contributed by atoms with Gasteiger partial charge >= 0.3 is 6.09 Å². The van der Waals surface area contributed by atoms with E-state index in [1.54, 1.807) is 0 Å². The van der Waals surface area contributed by atoms with Crippen molar-refractivity contribution in [2.24, 2.45) is 5.92 Å². The smallest absolute Gasteiger partial charge is 0.407 e. The lowest BCUT2D eigenvalue weighted by Gasteiger charge is -2.33. The SMILES string of the molecule is CC(C)(C)OC(=O)NC1CCC(CN(Cc2ccccc2)Cc2ccccc2)CC1. The number of rotatable bonds is 7. The molecule has 4 nitrogen and oxygen atoms in total. The van der Waals surface area contributed by atoms with E-state index in [0.29, 0.717) is 5.92 Å². The summed E-state index contributed by atoms with van der Waals surface area (Å²) in [4.78, 5) is 14.6. The van der Waals surface area contributed by atoms with Crippen LogP contribution in [-0.4, -0.2) is 29.2 Å². The zero-order chi connectivity index (χ0) is 21.4. The van der Waals surface area contributed by atoms with Gasteiger partial charge in [0.1, 0.15) is 5.60 Å². The lowest BCUT2D eigenvalue weighted by Crippen LogP contribution is -2.42. The van der Waals surface area contributed by atoms with Gasteiger partial charge < -0.3 is 10.1 Å². The Bertz CT molecular complexity index is 721. The number of ether oxygens (including phenoxy) is 1. The number of hydrogen-bond acceptors (Lipinski definition) is 3. The van der Waals surface area contributed by atoms with Crippen LogP contribution in [0.2, 0.25) is 0 Å². The summed E-state index contributed by atoms with van der Waals surface area (Å²) in [6.45, 7) is 8.72. The second-order valence-electron chi connectivity index (χ2n) is 9.50. The van der Waals surface area contributed by atoms with E-state index in [4.69, 9.17) is 4.74 Å². The molecule has 162 valence electrons. The quantitative estimate of drug-likeness (QED) is 0.632. The molecule has 1 amide bonds. The first kappa shape index (κ1) is 22.4. The minimum atomic E-state index is -0.448. The number of benzene rings is 2. The summed E-state index contributed by atoms with van der Waals surface area (Å²) < 4.78 is 5.41. The number of carbonyl (C=O) groups is 1. The first-order chi connectivity index (χ1) is 14.4. The third kappa shape index (κ3) is 7.83. The molecule has 0 unspecified atom stereocenters. The first-order valence-electron chi connectivity index (χ1n) is 11.2. The summed E-state index contributed by atoms with van der Waals surface area (Å²) in [5.41, 5.74) is 2.26. The average Bonchev–Trinajstić information content (AvgIpc) is 2.69. The van der Waals surface area contributed by atoms with Gasteiger partial charge in [-0.05, 0) is 63.5 Å². The van der Waals surface area contributed by atoms with Gasteiger partial charge in [0.05, 0.1) is 0 Å². The van der Waals surface area contributed by atoms with Crippen molar-refractivity contribution >= 4 is 6.09 Å². The van der Waals surface area contributed by atoms with Gasteiger partial charge in [0.15, 0.2) is 0 Å². The number of hydrogen-bond donors (Lipinski definition) is 1. The topological polar surface area (TPSA) is 41.6 Å². The number of amides is 1. The molecule has 0 spiro atoms. The molecule has 1 aliphatic carbocycles. The largest absolute Gasteiger partial charge is 0.444 e. The molecule has 30 heavy (non-hydrogen) atoms. The number of carbonyl (C=O) groups excluding carboxylic acids is 1. The van der Waals surface area contributed by atoms with Crippen LogP contribution in [0.5, 0.6) is 0 Å². The fraction of sp³-hybridized carbons (Fsp3) is 0.500. The van der Waals surface area contributed by atoms with Gasteiger partial charge in [0.2, 0.25) is 0 Å². The normalized spacial score (nSPS) is 19.5. The summed E-state index contributed by atoms with van der Waals surface area (Å²) in [5, 5.41) is 3.05. The fourth-order valence-electron chi connectivity index (χ4n) is 4.20. The molecule has 1 N–H and O–H groups in total. The molecule has 4 heteroatoms. The molecule has 0 aliphatic heterocycles. The van der Waals surface area contributed by atoms with Crippen molar-refractivity contribution in [3.05, 3.63) is 71.8 Å². The highest BCUT2D eigenvalue weighted by atomic mass is 16.6. The number of nitrogens with one attached hydrogen (secondary N) is 1. The molecule has 0 bridgehead atoms. The molecule has 1 saturated carbocycles. The van der Waals surface area contributed by atoms with Crippen LogP contribution >= 0.6 is 0 Å². The van der Waals surface area contributed by atoms with Crippen LogP contribution < -0.4 is 5.32 Å². The van der Waals surface area contributed by atoms with Crippen molar-refractivity contribution in [1.29, 1.82) is 0 Å². The lowest BCUT2D eigenvalue weighted by molar-refractivity contribution is 0.0483. The molecule has 0 atom stereocenters. The van der Waals surface area contributed by atoms with E-state index in [1.165, 1.54) is 11.1 Å². The van der Waals surface area contributed by atoms with E-state index in [9.17, 15) is 4.79 Å². The zero-order valence-electron chi connectivity index (χ0n) is 18.6. The van der Waals surface area contributed by atoms with Crippen LogP contribution in [0.4, 0.5) is 4.79 Å². The molecule has 1 fully saturated rings. The molecule has 0 saturated heterocycles. The van der Waals surface area contributed by atoms with E-state index >= 15 is 0 Å². The van der Waals surface area contributed by atoms with Crippen molar-refractivity contribution in [2.45, 2.75) is 71.2 Å². The Morgan fingerprint density at radius 2 is 1.40 bits per heavy atom. The summed E-state index contributed by atoms with van der Waals surface area (Å²) in [5.74, 6) is 0.661. The van der Waals surface area contributed by atoms with Gasteiger partial charge in [-0.3, -0.25) is 4.90 Å². The predicted octanol–water partition coefficient (Wildman–Crippen LogP) is 5.77. The Balaban J connectivity index is 1.53. The van der Waals surface area contributed by atoms with Crippen molar-refractivity contribution in [2.75, 3.05) is 6.54 Å². The van der Waals surface area contributed by atoms with E-state index in [0.717, 1.165) is 45.3 Å². The second kappa shape index (κ2) is 10.6. The minimum Gasteiger partial charge on any atom is -0.444 e. The van der Waals surface area contributed by atoms with Crippen molar-refractivity contribution < 1.29 is 9.53 Å². The molecular weight excluding hydrogens is 372 g/mol. The third-order valence-electron chi connectivity index (χ3n) is 5.58. The van der Waals surface area contributed by atoms with Crippen LogP contribution in [-0.2, 0) is 17.8 Å². The minimum absolute atomic E-state index is 0.229. The molecule has 0 radical (unpaired) electrons. The summed E-state index contributed by atoms with van der Waals surface area (Å²) in [6, 6.07) is 21.7.